The zero-order valence-electron chi connectivity index (χ0n) is 9.75. The van der Waals surface area contributed by atoms with Crippen LogP contribution in [0.5, 0.6) is 0 Å². The van der Waals surface area contributed by atoms with Crippen LogP contribution >= 0.6 is 0 Å². The third-order valence-corrected chi connectivity index (χ3v) is 2.55. The molecular weight excluding hydrogens is 186 g/mol. The van der Waals surface area contributed by atoms with E-state index in [2.05, 4.69) is 36.1 Å². The maximum Gasteiger partial charge on any atom is 0.133 e. The Labute approximate surface area is 91.3 Å². The Hall–Kier alpha value is -0.960. The standard InChI is InChI=1S/C12H19N3/c1-12(2,3)11-14-7-9(8-15-11)6-13-10-4-5-10/h7-8,10,13H,4-6H2,1-3H3. The van der Waals surface area contributed by atoms with Crippen LogP contribution in [0.3, 0.4) is 0 Å². The molecule has 1 heterocycles. The van der Waals surface area contributed by atoms with E-state index in [1.807, 2.05) is 12.4 Å². The molecule has 0 unspecified atom stereocenters. The van der Waals surface area contributed by atoms with Crippen LogP contribution in [0.25, 0.3) is 0 Å². The summed E-state index contributed by atoms with van der Waals surface area (Å²) in [6.07, 6.45) is 6.51. The van der Waals surface area contributed by atoms with Crippen LogP contribution in [0.2, 0.25) is 0 Å². The van der Waals surface area contributed by atoms with Crippen molar-refractivity contribution >= 4 is 0 Å². The molecule has 0 saturated heterocycles. The van der Waals surface area contributed by atoms with E-state index in [9.17, 15) is 0 Å². The first-order valence-corrected chi connectivity index (χ1v) is 5.60. The smallest absolute Gasteiger partial charge is 0.133 e. The second-order valence-corrected chi connectivity index (χ2v) is 5.32. The summed E-state index contributed by atoms with van der Waals surface area (Å²) in [7, 11) is 0. The molecule has 15 heavy (non-hydrogen) atoms. The minimum atomic E-state index is 0.0441. The van der Waals surface area contributed by atoms with Gasteiger partial charge in [-0.15, -0.1) is 0 Å². The maximum atomic E-state index is 4.40. The number of hydrogen-bond acceptors (Lipinski definition) is 3. The van der Waals surface area contributed by atoms with Gasteiger partial charge in [-0.25, -0.2) is 9.97 Å². The molecule has 1 aliphatic carbocycles. The van der Waals surface area contributed by atoms with Gasteiger partial charge < -0.3 is 5.32 Å². The molecule has 0 spiro atoms. The summed E-state index contributed by atoms with van der Waals surface area (Å²) >= 11 is 0. The van der Waals surface area contributed by atoms with Gasteiger partial charge in [0.05, 0.1) is 0 Å². The van der Waals surface area contributed by atoms with Crippen molar-refractivity contribution in [2.75, 3.05) is 0 Å². The van der Waals surface area contributed by atoms with Crippen molar-refractivity contribution < 1.29 is 0 Å². The third kappa shape index (κ3) is 2.99. The van der Waals surface area contributed by atoms with Gasteiger partial charge >= 0.3 is 0 Å². The molecular formula is C12H19N3. The van der Waals surface area contributed by atoms with Crippen molar-refractivity contribution in [1.29, 1.82) is 0 Å². The number of nitrogens with one attached hydrogen (secondary N) is 1. The van der Waals surface area contributed by atoms with Gasteiger partial charge in [-0.3, -0.25) is 0 Å². The van der Waals surface area contributed by atoms with Gasteiger partial charge in [0, 0.05) is 36.0 Å². The molecule has 0 atom stereocenters. The quantitative estimate of drug-likeness (QED) is 0.820. The van der Waals surface area contributed by atoms with Crippen LogP contribution in [0, 0.1) is 0 Å². The number of nitrogens with zero attached hydrogens (tertiary/aromatic N) is 2. The SMILES string of the molecule is CC(C)(C)c1ncc(CNC2CC2)cn1. The lowest BCUT2D eigenvalue weighted by atomic mass is 9.96. The second kappa shape index (κ2) is 3.89. The summed E-state index contributed by atoms with van der Waals surface area (Å²) in [6, 6.07) is 0.743. The second-order valence-electron chi connectivity index (χ2n) is 5.32. The molecule has 3 nitrogen and oxygen atoms in total. The van der Waals surface area contributed by atoms with E-state index < -0.39 is 0 Å². The average Bonchev–Trinajstić information content (AvgIpc) is 2.97. The summed E-state index contributed by atoms with van der Waals surface area (Å²) in [4.78, 5) is 8.79. The highest BCUT2D eigenvalue weighted by Gasteiger charge is 2.20. The van der Waals surface area contributed by atoms with Crippen molar-refractivity contribution in [2.24, 2.45) is 0 Å². The molecule has 1 aliphatic rings. The van der Waals surface area contributed by atoms with Crippen LogP contribution in [0.15, 0.2) is 12.4 Å². The fourth-order valence-electron chi connectivity index (χ4n) is 1.38. The van der Waals surface area contributed by atoms with Gasteiger partial charge in [-0.05, 0) is 12.8 Å². The minimum absolute atomic E-state index is 0.0441. The Morgan fingerprint density at radius 3 is 2.33 bits per heavy atom. The minimum Gasteiger partial charge on any atom is -0.310 e. The first-order valence-electron chi connectivity index (χ1n) is 5.60. The summed E-state index contributed by atoms with van der Waals surface area (Å²) in [6.45, 7) is 7.29. The van der Waals surface area contributed by atoms with Crippen molar-refractivity contribution in [3.63, 3.8) is 0 Å². The van der Waals surface area contributed by atoms with Crippen LogP contribution in [-0.4, -0.2) is 16.0 Å². The highest BCUT2D eigenvalue weighted by Crippen LogP contribution is 2.20. The topological polar surface area (TPSA) is 37.8 Å². The van der Waals surface area contributed by atoms with Gasteiger partial charge in [0.25, 0.3) is 0 Å². The van der Waals surface area contributed by atoms with Crippen molar-refractivity contribution in [3.05, 3.63) is 23.8 Å². The Kier molecular flexibility index (Phi) is 2.74. The van der Waals surface area contributed by atoms with E-state index in [4.69, 9.17) is 0 Å². The first kappa shape index (κ1) is 10.6. The Balaban J connectivity index is 1.96. The Morgan fingerprint density at radius 2 is 1.87 bits per heavy atom. The molecule has 1 aromatic rings. The average molecular weight is 205 g/mol. The number of hydrogen-bond donors (Lipinski definition) is 1. The van der Waals surface area contributed by atoms with E-state index in [0.717, 1.165) is 18.4 Å². The van der Waals surface area contributed by atoms with Gasteiger partial charge in [-0.1, -0.05) is 20.8 Å². The lowest BCUT2D eigenvalue weighted by Gasteiger charge is -2.16. The van der Waals surface area contributed by atoms with Crippen LogP contribution in [0.4, 0.5) is 0 Å². The van der Waals surface area contributed by atoms with Gasteiger partial charge in [0.2, 0.25) is 0 Å². The molecule has 2 rings (SSSR count). The molecule has 0 radical (unpaired) electrons. The molecule has 82 valence electrons. The first-order chi connectivity index (χ1) is 7.05. The summed E-state index contributed by atoms with van der Waals surface area (Å²) in [5.41, 5.74) is 1.22. The fourth-order valence-corrected chi connectivity index (χ4v) is 1.38. The zero-order valence-corrected chi connectivity index (χ0v) is 9.75. The molecule has 3 heteroatoms. The lowest BCUT2D eigenvalue weighted by molar-refractivity contribution is 0.542. The Bertz CT molecular complexity index is 320. The van der Waals surface area contributed by atoms with Crippen molar-refractivity contribution in [2.45, 2.75) is 51.6 Å². The molecule has 0 aromatic carbocycles. The van der Waals surface area contributed by atoms with Gasteiger partial charge in [-0.2, -0.15) is 0 Å². The molecule has 1 N–H and O–H groups in total. The van der Waals surface area contributed by atoms with Crippen LogP contribution < -0.4 is 5.32 Å². The molecule has 1 fully saturated rings. The normalized spacial score (nSPS) is 16.7. The van der Waals surface area contributed by atoms with E-state index in [1.54, 1.807) is 0 Å². The van der Waals surface area contributed by atoms with Gasteiger partial charge in [0.15, 0.2) is 0 Å². The highest BCUT2D eigenvalue weighted by atomic mass is 15.0. The summed E-state index contributed by atoms with van der Waals surface area (Å²) in [5, 5.41) is 3.45. The van der Waals surface area contributed by atoms with E-state index in [1.165, 1.54) is 18.4 Å². The van der Waals surface area contributed by atoms with Crippen molar-refractivity contribution in [1.82, 2.24) is 15.3 Å². The molecule has 0 bridgehead atoms. The predicted molar refractivity (Wildman–Crippen MR) is 60.6 cm³/mol. The monoisotopic (exact) mass is 205 g/mol. The van der Waals surface area contributed by atoms with Gasteiger partial charge in [0.1, 0.15) is 5.82 Å². The summed E-state index contributed by atoms with van der Waals surface area (Å²) in [5.74, 6) is 0.915. The van der Waals surface area contributed by atoms with Crippen molar-refractivity contribution in [3.8, 4) is 0 Å². The number of aromatic nitrogens is 2. The van der Waals surface area contributed by atoms with E-state index in [-0.39, 0.29) is 5.41 Å². The fraction of sp³-hybridized carbons (Fsp3) is 0.667. The number of rotatable bonds is 3. The molecule has 0 amide bonds. The maximum absolute atomic E-state index is 4.40. The Morgan fingerprint density at radius 1 is 1.27 bits per heavy atom. The summed E-state index contributed by atoms with van der Waals surface area (Å²) < 4.78 is 0. The zero-order chi connectivity index (χ0) is 10.9. The van der Waals surface area contributed by atoms with E-state index in [0.29, 0.717) is 0 Å². The third-order valence-electron chi connectivity index (χ3n) is 2.55. The molecule has 0 aliphatic heterocycles. The molecule has 1 aromatic heterocycles. The largest absolute Gasteiger partial charge is 0.310 e. The van der Waals surface area contributed by atoms with Crippen LogP contribution in [0.1, 0.15) is 45.0 Å². The lowest BCUT2D eigenvalue weighted by Crippen LogP contribution is -2.18. The highest BCUT2D eigenvalue weighted by molar-refractivity contribution is 5.09. The van der Waals surface area contributed by atoms with E-state index >= 15 is 0 Å². The predicted octanol–water partition coefficient (Wildman–Crippen LogP) is 2.03. The molecule has 1 saturated carbocycles. The van der Waals surface area contributed by atoms with Crippen LogP contribution in [-0.2, 0) is 12.0 Å².